The van der Waals surface area contributed by atoms with Gasteiger partial charge in [-0.2, -0.15) is 0 Å². The molecule has 1 aliphatic heterocycles. The van der Waals surface area contributed by atoms with Gasteiger partial charge in [0.05, 0.1) is 12.1 Å². The number of aliphatic carboxylic acids is 1. The molecule has 8 N–H and O–H groups in total. The maximum Gasteiger partial charge on any atom is 0.406 e. The lowest BCUT2D eigenvalue weighted by atomic mass is 10.0. The van der Waals surface area contributed by atoms with Crippen molar-refractivity contribution < 1.29 is 48.7 Å². The number of aliphatic hydroxyl groups is 3. The fourth-order valence-electron chi connectivity index (χ4n) is 4.15. The first kappa shape index (κ1) is 29.2. The van der Waals surface area contributed by atoms with E-state index in [1.54, 1.807) is 20.0 Å². The summed E-state index contributed by atoms with van der Waals surface area (Å²) in [5.41, 5.74) is 1.48. The highest BCUT2D eigenvalue weighted by molar-refractivity contribution is 7.50. The Labute approximate surface area is 213 Å². The summed E-state index contributed by atoms with van der Waals surface area (Å²) in [7, 11) is -4.83. The number of benzene rings is 1. The number of fused-ring (bicyclic) bond motifs is 1. The Morgan fingerprint density at radius 1 is 1.14 bits per heavy atom. The molecule has 2 heterocycles. The average molecular weight is 544 g/mol. The van der Waals surface area contributed by atoms with Crippen LogP contribution in [0.2, 0.25) is 0 Å². The number of aliphatic hydroxyl groups excluding tert-OH is 3. The Hall–Kier alpha value is -2.35. The summed E-state index contributed by atoms with van der Waals surface area (Å²) < 4.78 is 23.0. The fraction of sp³-hybridized carbons (Fsp3) is 0.565. The molecule has 1 unspecified atom stereocenters. The zero-order valence-corrected chi connectivity index (χ0v) is 21.5. The molecule has 3 rings (SSSR count). The number of carbonyl (C=O) groups is 2. The third-order valence-corrected chi connectivity index (χ3v) is 7.24. The number of hydrogen-bond donors (Lipinski definition) is 8. The molecule has 1 fully saturated rings. The SMILES string of the molecule is CC(C)C[C@@H](NP(=O)(O)O[C@H]1O[C@@H](C)[C@H](O)[C@@H](O)[C@@H]1O)C(=O)N[C@H](Cc1c[nH]c2ccccc12)C(=O)O. The van der Waals surface area contributed by atoms with Gasteiger partial charge < -0.3 is 40.4 Å². The molecule has 1 aromatic carbocycles. The van der Waals surface area contributed by atoms with Crippen molar-refractivity contribution in [3.8, 4) is 0 Å². The lowest BCUT2D eigenvalue weighted by Crippen LogP contribution is -2.57. The van der Waals surface area contributed by atoms with E-state index in [1.807, 2.05) is 24.3 Å². The van der Waals surface area contributed by atoms with Crippen molar-refractivity contribution in [3.05, 3.63) is 36.0 Å². The van der Waals surface area contributed by atoms with Crippen LogP contribution in [-0.2, 0) is 29.8 Å². The van der Waals surface area contributed by atoms with Gasteiger partial charge in [-0.15, -0.1) is 0 Å². The molecular weight excluding hydrogens is 509 g/mol. The standard InChI is InChI=1S/C23H34N3O10P/c1-11(2)8-16(26-37(33,34)36-23-20(29)19(28)18(27)12(3)35-23)21(30)25-17(22(31)32)9-13-10-24-15-7-5-4-6-14(13)15/h4-7,10-12,16-20,23-24,27-29H,8-9H2,1-3H3,(H,25,30)(H,31,32)(H2,26,33,34)/t12-,16+,17+,18-,19+,20-,23+/m0/s1. The van der Waals surface area contributed by atoms with E-state index in [1.165, 1.54) is 6.92 Å². The minimum absolute atomic E-state index is 0.0347. The van der Waals surface area contributed by atoms with Crippen LogP contribution in [0.15, 0.2) is 30.5 Å². The highest BCUT2D eigenvalue weighted by Crippen LogP contribution is 2.42. The van der Waals surface area contributed by atoms with Gasteiger partial charge in [0.2, 0.25) is 5.91 Å². The van der Waals surface area contributed by atoms with Crippen LogP contribution in [0, 0.1) is 5.92 Å². The van der Waals surface area contributed by atoms with E-state index < -0.39 is 62.4 Å². The second kappa shape index (κ2) is 12.0. The number of ether oxygens (including phenoxy) is 1. The number of aromatic amines is 1. The summed E-state index contributed by atoms with van der Waals surface area (Å²) in [5, 5.41) is 45.0. The molecule has 1 aromatic heterocycles. The number of carbonyl (C=O) groups excluding carboxylic acids is 1. The first-order valence-electron chi connectivity index (χ1n) is 11.9. The van der Waals surface area contributed by atoms with Crippen LogP contribution in [0.5, 0.6) is 0 Å². The molecule has 2 aromatic rings. The predicted octanol–water partition coefficient (Wildman–Crippen LogP) is 0.229. The molecule has 8 atom stereocenters. The zero-order valence-electron chi connectivity index (χ0n) is 20.6. The van der Waals surface area contributed by atoms with Gasteiger partial charge in [0.15, 0.2) is 6.29 Å². The third kappa shape index (κ3) is 7.37. The highest BCUT2D eigenvalue weighted by Gasteiger charge is 2.45. The van der Waals surface area contributed by atoms with Gasteiger partial charge in [-0.3, -0.25) is 9.32 Å². The molecule has 0 radical (unpaired) electrons. The minimum Gasteiger partial charge on any atom is -0.480 e. The van der Waals surface area contributed by atoms with E-state index in [0.29, 0.717) is 5.56 Å². The van der Waals surface area contributed by atoms with Gasteiger partial charge in [0, 0.05) is 23.5 Å². The normalized spacial score (nSPS) is 27.5. The number of rotatable bonds is 11. The van der Waals surface area contributed by atoms with Crippen LogP contribution in [0.3, 0.4) is 0 Å². The Balaban J connectivity index is 1.72. The molecule has 1 saturated heterocycles. The topological polar surface area (TPSA) is 211 Å². The summed E-state index contributed by atoms with van der Waals surface area (Å²) in [4.78, 5) is 38.5. The Morgan fingerprint density at radius 3 is 2.46 bits per heavy atom. The third-order valence-electron chi connectivity index (χ3n) is 6.11. The molecule has 0 bridgehead atoms. The molecule has 1 amide bonds. The van der Waals surface area contributed by atoms with Crippen molar-refractivity contribution in [2.75, 3.05) is 0 Å². The van der Waals surface area contributed by atoms with Crippen molar-refractivity contribution in [1.82, 2.24) is 15.4 Å². The molecular formula is C23H34N3O10P. The Kier molecular flexibility index (Phi) is 9.48. The lowest BCUT2D eigenvalue weighted by molar-refractivity contribution is -0.270. The number of H-pyrrole nitrogens is 1. The number of aromatic nitrogens is 1. The summed E-state index contributed by atoms with van der Waals surface area (Å²) in [5.74, 6) is -2.27. The molecule has 14 heteroatoms. The number of carboxylic acids is 1. The molecule has 13 nitrogen and oxygen atoms in total. The summed E-state index contributed by atoms with van der Waals surface area (Å²) in [6, 6.07) is 4.63. The van der Waals surface area contributed by atoms with Crippen LogP contribution >= 0.6 is 7.75 Å². The average Bonchev–Trinajstić information content (AvgIpc) is 3.22. The van der Waals surface area contributed by atoms with Crippen molar-refractivity contribution >= 4 is 30.5 Å². The molecule has 1 aliphatic rings. The zero-order chi connectivity index (χ0) is 27.5. The van der Waals surface area contributed by atoms with Gasteiger partial charge in [0.1, 0.15) is 24.4 Å². The first-order chi connectivity index (χ1) is 17.3. The van der Waals surface area contributed by atoms with E-state index in [0.717, 1.165) is 10.9 Å². The minimum atomic E-state index is -4.83. The monoisotopic (exact) mass is 543 g/mol. The van der Waals surface area contributed by atoms with E-state index in [4.69, 9.17) is 9.26 Å². The molecule has 37 heavy (non-hydrogen) atoms. The summed E-state index contributed by atoms with van der Waals surface area (Å²) in [6.45, 7) is 4.90. The molecule has 0 saturated carbocycles. The predicted molar refractivity (Wildman–Crippen MR) is 131 cm³/mol. The lowest BCUT2D eigenvalue weighted by Gasteiger charge is -2.39. The van der Waals surface area contributed by atoms with Crippen molar-refractivity contribution in [1.29, 1.82) is 0 Å². The van der Waals surface area contributed by atoms with E-state index >= 15 is 0 Å². The van der Waals surface area contributed by atoms with Crippen molar-refractivity contribution in [2.24, 2.45) is 5.92 Å². The molecule has 0 spiro atoms. The second-order valence-electron chi connectivity index (χ2n) is 9.58. The quantitative estimate of drug-likeness (QED) is 0.180. The number of nitrogens with one attached hydrogen (secondary N) is 3. The summed E-state index contributed by atoms with van der Waals surface area (Å²) in [6.07, 6.45) is -6.08. The van der Waals surface area contributed by atoms with Gasteiger partial charge in [-0.05, 0) is 30.9 Å². The van der Waals surface area contributed by atoms with Crippen molar-refractivity contribution in [3.63, 3.8) is 0 Å². The van der Waals surface area contributed by atoms with Crippen LogP contribution < -0.4 is 10.4 Å². The number of carboxylic acid groups (broad SMARTS) is 1. The largest absolute Gasteiger partial charge is 0.480 e. The van der Waals surface area contributed by atoms with E-state index in [-0.39, 0.29) is 18.8 Å². The summed E-state index contributed by atoms with van der Waals surface area (Å²) >= 11 is 0. The smallest absolute Gasteiger partial charge is 0.406 e. The number of hydrogen-bond acceptors (Lipinski definition) is 8. The van der Waals surface area contributed by atoms with E-state index in [2.05, 4.69) is 15.4 Å². The van der Waals surface area contributed by atoms with E-state index in [9.17, 15) is 39.5 Å². The van der Waals surface area contributed by atoms with Crippen LogP contribution in [-0.4, -0.2) is 85.0 Å². The van der Waals surface area contributed by atoms with Crippen LogP contribution in [0.1, 0.15) is 32.8 Å². The fourth-order valence-corrected chi connectivity index (χ4v) is 5.28. The van der Waals surface area contributed by atoms with Gasteiger partial charge in [-0.1, -0.05) is 32.0 Å². The van der Waals surface area contributed by atoms with Crippen LogP contribution in [0.4, 0.5) is 0 Å². The van der Waals surface area contributed by atoms with Crippen LogP contribution in [0.25, 0.3) is 10.9 Å². The molecule has 0 aliphatic carbocycles. The number of para-hydroxylation sites is 1. The van der Waals surface area contributed by atoms with Gasteiger partial charge in [-0.25, -0.2) is 14.4 Å². The van der Waals surface area contributed by atoms with Gasteiger partial charge in [0.25, 0.3) is 0 Å². The Bertz CT molecular complexity index is 1140. The van der Waals surface area contributed by atoms with Crippen molar-refractivity contribution in [2.45, 2.75) is 76.4 Å². The highest BCUT2D eigenvalue weighted by atomic mass is 31.2. The van der Waals surface area contributed by atoms with Gasteiger partial charge >= 0.3 is 13.7 Å². The second-order valence-corrected chi connectivity index (χ2v) is 11.1. The maximum absolute atomic E-state index is 13.1. The number of amides is 1. The Morgan fingerprint density at radius 2 is 1.81 bits per heavy atom. The first-order valence-corrected chi connectivity index (χ1v) is 13.4. The molecule has 206 valence electrons. The maximum atomic E-state index is 13.1.